The minimum Gasteiger partial charge on any atom is -0.329 e. The smallest absolute Gasteiger partial charge is 0.0857 e. The van der Waals surface area contributed by atoms with E-state index in [1.807, 2.05) is 0 Å². The van der Waals surface area contributed by atoms with Gasteiger partial charge in [0.05, 0.1) is 22.8 Å². The first kappa shape index (κ1) is 45.0. The van der Waals surface area contributed by atoms with Gasteiger partial charge in [0.2, 0.25) is 0 Å². The molecule has 1 aromatic heterocycles. The van der Waals surface area contributed by atoms with Gasteiger partial charge in [0, 0.05) is 28.1 Å². The molecule has 0 spiro atoms. The first-order chi connectivity index (χ1) is 36.8. The highest BCUT2D eigenvalue weighted by Gasteiger charge is 2.49. The molecule has 7 aliphatic rings. The molecule has 2 atom stereocenters. The molecule has 370 valence electrons. The quantitative estimate of drug-likeness (QED) is 0.147. The third kappa shape index (κ3) is 7.31. The summed E-state index contributed by atoms with van der Waals surface area (Å²) in [7, 11) is 0. The minimum atomic E-state index is 0.117. The van der Waals surface area contributed by atoms with Crippen molar-refractivity contribution in [1.82, 2.24) is 4.57 Å². The van der Waals surface area contributed by atoms with E-state index in [0.717, 1.165) is 0 Å². The molecule has 8 aromatic rings. The van der Waals surface area contributed by atoms with Crippen LogP contribution >= 0.6 is 0 Å². The van der Waals surface area contributed by atoms with Gasteiger partial charge in [0.15, 0.2) is 0 Å². The summed E-state index contributed by atoms with van der Waals surface area (Å²) in [5, 5.41) is 2.80. The van der Waals surface area contributed by atoms with Crippen molar-refractivity contribution >= 4 is 44.5 Å². The van der Waals surface area contributed by atoms with Crippen LogP contribution in [0.3, 0.4) is 0 Å². The molecule has 5 aliphatic carbocycles. The van der Waals surface area contributed by atoms with Gasteiger partial charge >= 0.3 is 0 Å². The molecule has 0 amide bonds. The van der Waals surface area contributed by atoms with Gasteiger partial charge < -0.3 is 9.47 Å². The molecule has 4 saturated carbocycles. The zero-order chi connectivity index (χ0) is 48.7. The van der Waals surface area contributed by atoms with Gasteiger partial charge in [0.25, 0.3) is 0 Å². The Kier molecular flexibility index (Phi) is 11.4. The van der Waals surface area contributed by atoms with E-state index in [1.165, 1.54) is 217 Å². The van der Waals surface area contributed by atoms with E-state index in [9.17, 15) is 0 Å². The van der Waals surface area contributed by atoms with Gasteiger partial charge in [-0.05, 0) is 184 Å². The van der Waals surface area contributed by atoms with Gasteiger partial charge in [-0.15, -0.1) is 0 Å². The average molecular weight is 965 g/mol. The van der Waals surface area contributed by atoms with Crippen LogP contribution in [0.5, 0.6) is 0 Å². The first-order valence-electron chi connectivity index (χ1n) is 29.6. The second-order valence-corrected chi connectivity index (χ2v) is 23.9. The maximum absolute atomic E-state index is 2.83. The summed E-state index contributed by atoms with van der Waals surface area (Å²) in [5.41, 5.74) is 25.9. The molecule has 2 nitrogen and oxygen atoms in total. The fourth-order valence-electron chi connectivity index (χ4n) is 16.5. The summed E-state index contributed by atoms with van der Waals surface area (Å²) in [6, 6.07) is 58.6. The summed E-state index contributed by atoms with van der Waals surface area (Å²) < 4.78 is 2.77. The molecule has 2 heteroatoms. The molecule has 4 fully saturated rings. The molecule has 15 rings (SSSR count). The Labute approximate surface area is 440 Å². The van der Waals surface area contributed by atoms with Gasteiger partial charge in [0.1, 0.15) is 0 Å². The van der Waals surface area contributed by atoms with E-state index in [4.69, 9.17) is 0 Å². The highest BCUT2D eigenvalue weighted by atomic mass is 15.3. The van der Waals surface area contributed by atoms with E-state index < -0.39 is 0 Å². The van der Waals surface area contributed by atoms with Crippen molar-refractivity contribution in [1.29, 1.82) is 0 Å². The largest absolute Gasteiger partial charge is 0.329 e. The number of allylic oxidation sites excluding steroid dienone is 2. The van der Waals surface area contributed by atoms with Crippen LogP contribution in [-0.2, 0) is 0 Å². The number of benzene rings is 7. The number of aromatic nitrogens is 1. The lowest BCUT2D eigenvalue weighted by atomic mass is 9.74. The molecule has 2 aliphatic heterocycles. The van der Waals surface area contributed by atoms with Gasteiger partial charge in [-0.1, -0.05) is 198 Å². The number of hydrogen-bond donors (Lipinski definition) is 0. The van der Waals surface area contributed by atoms with E-state index in [-0.39, 0.29) is 12.0 Å². The van der Waals surface area contributed by atoms with Gasteiger partial charge in [-0.25, -0.2) is 0 Å². The van der Waals surface area contributed by atoms with Crippen molar-refractivity contribution < 1.29 is 0 Å². The minimum absolute atomic E-state index is 0.117. The zero-order valence-corrected chi connectivity index (χ0v) is 43.5. The van der Waals surface area contributed by atoms with E-state index in [1.54, 1.807) is 22.3 Å². The van der Waals surface area contributed by atoms with Crippen molar-refractivity contribution in [3.63, 3.8) is 0 Å². The van der Waals surface area contributed by atoms with Crippen LogP contribution < -0.4 is 4.90 Å². The van der Waals surface area contributed by atoms with Crippen LogP contribution in [0.1, 0.15) is 191 Å². The van der Waals surface area contributed by atoms with Crippen molar-refractivity contribution in [3.05, 3.63) is 191 Å². The summed E-state index contributed by atoms with van der Waals surface area (Å²) in [6.07, 6.45) is 31.7. The first-order valence-corrected chi connectivity index (χ1v) is 29.6. The zero-order valence-electron chi connectivity index (χ0n) is 43.5. The van der Waals surface area contributed by atoms with Crippen LogP contribution in [-0.4, -0.2) is 10.6 Å². The van der Waals surface area contributed by atoms with Crippen LogP contribution in [0.15, 0.2) is 158 Å². The van der Waals surface area contributed by atoms with Crippen LogP contribution in [0.25, 0.3) is 66.5 Å². The Balaban J connectivity index is 0.987. The third-order valence-corrected chi connectivity index (χ3v) is 19.9. The molecular weight excluding hydrogens is 893 g/mol. The SMILES string of the molecule is C1=C(c2ccccc2C2CCCCC2)C2c3cc(-c4ccccc4C4CCCCC4)ccc3N3c4ccc(-c5ccccc5C5CCCCC5)c5c6cc(-c7ccccc7C7CCCCC7)ccc6n(c45)C(=C1)C23. The van der Waals surface area contributed by atoms with Crippen LogP contribution in [0.2, 0.25) is 0 Å². The predicted octanol–water partition coefficient (Wildman–Crippen LogP) is 20.5. The summed E-state index contributed by atoms with van der Waals surface area (Å²) >= 11 is 0. The molecule has 0 N–H and O–H groups in total. The number of nitrogens with zero attached hydrogens (tertiary/aromatic N) is 2. The normalized spacial score (nSPS) is 21.4. The molecule has 7 aromatic carbocycles. The fourth-order valence-corrected chi connectivity index (χ4v) is 16.5. The second kappa shape index (κ2) is 18.8. The lowest BCUT2D eigenvalue weighted by Gasteiger charge is -2.41. The Hall–Kier alpha value is -6.38. The highest BCUT2D eigenvalue weighted by molar-refractivity contribution is 6.23. The molecule has 3 heterocycles. The van der Waals surface area contributed by atoms with Crippen LogP contribution in [0, 0.1) is 0 Å². The monoisotopic (exact) mass is 965 g/mol. The fraction of sp³-hybridized carbons (Fsp3) is 0.361. The van der Waals surface area contributed by atoms with Gasteiger partial charge in [-0.3, -0.25) is 0 Å². The Morgan fingerprint density at radius 3 is 1.38 bits per heavy atom. The Morgan fingerprint density at radius 1 is 0.351 bits per heavy atom. The lowest BCUT2D eigenvalue weighted by Crippen LogP contribution is -2.38. The topological polar surface area (TPSA) is 8.17 Å². The summed E-state index contributed by atoms with van der Waals surface area (Å²) in [5.74, 6) is 2.65. The maximum Gasteiger partial charge on any atom is 0.0857 e. The molecule has 0 radical (unpaired) electrons. The number of rotatable bonds is 8. The van der Waals surface area contributed by atoms with Crippen molar-refractivity contribution in [2.24, 2.45) is 0 Å². The molecule has 0 bridgehead atoms. The maximum atomic E-state index is 2.83. The summed E-state index contributed by atoms with van der Waals surface area (Å²) in [6.45, 7) is 0. The number of anilines is 2. The van der Waals surface area contributed by atoms with Crippen molar-refractivity contribution in [2.45, 2.75) is 164 Å². The molecular formula is C72H72N2. The average Bonchev–Trinajstić information content (AvgIpc) is 4.01. The van der Waals surface area contributed by atoms with E-state index >= 15 is 0 Å². The van der Waals surface area contributed by atoms with E-state index in [0.29, 0.717) is 23.7 Å². The number of fused-ring (bicyclic) bond motifs is 8. The van der Waals surface area contributed by atoms with Crippen LogP contribution in [0.4, 0.5) is 11.4 Å². The highest BCUT2D eigenvalue weighted by Crippen LogP contribution is 2.62. The van der Waals surface area contributed by atoms with Gasteiger partial charge in [-0.2, -0.15) is 0 Å². The Bertz CT molecular complexity index is 3520. The summed E-state index contributed by atoms with van der Waals surface area (Å²) in [4.78, 5) is 2.83. The lowest BCUT2D eigenvalue weighted by molar-refractivity contribution is 0.443. The predicted molar refractivity (Wildman–Crippen MR) is 313 cm³/mol. The molecule has 2 unspecified atom stereocenters. The van der Waals surface area contributed by atoms with Crippen molar-refractivity contribution in [3.8, 4) is 33.4 Å². The molecule has 0 saturated heterocycles. The Morgan fingerprint density at radius 2 is 0.811 bits per heavy atom. The molecule has 74 heavy (non-hydrogen) atoms. The standard InChI is InChI=1S/C72H72N2/c1-5-21-47(22-6-1)53-29-13-15-33-57(53)51-37-41-65-63(45-51)69-61(59-35-19-17-31-55(59)49-25-9-3-10-26-49)39-43-67-71(69)73(65)68-44-40-62(60-36-20-18-32-56(60)50-27-11-4-12-28-50)70-64-46-52(38-42-66(64)74(67)72(68)70)58-34-16-14-30-54(58)48-23-7-2-8-24-48/h13-20,29-50,69,71H,1-12,21-28H2. The third-order valence-electron chi connectivity index (χ3n) is 19.9. The van der Waals surface area contributed by atoms with Crippen molar-refractivity contribution in [2.75, 3.05) is 4.90 Å². The van der Waals surface area contributed by atoms with E-state index in [2.05, 4.69) is 167 Å². The second-order valence-electron chi connectivity index (χ2n) is 23.9. The number of hydrogen-bond acceptors (Lipinski definition) is 1.